The number of carbonyl (C=O) groups is 1. The molecule has 0 aromatic carbocycles. The SMILES string of the molecule is CCC(Br)C(=O)NO. The normalized spacial score (nSPS) is 12.9. The second-order valence-corrected chi connectivity index (χ2v) is 2.46. The molecule has 48 valence electrons. The first-order valence-corrected chi connectivity index (χ1v) is 3.22. The van der Waals surface area contributed by atoms with Gasteiger partial charge in [-0.2, -0.15) is 0 Å². The highest BCUT2D eigenvalue weighted by Crippen LogP contribution is 2.02. The van der Waals surface area contributed by atoms with Gasteiger partial charge in [0.05, 0.1) is 4.83 Å². The summed E-state index contributed by atoms with van der Waals surface area (Å²) in [5, 5.41) is 8.01. The Morgan fingerprint density at radius 1 is 2.00 bits per heavy atom. The molecule has 0 aliphatic rings. The van der Waals surface area contributed by atoms with Crippen LogP contribution in [0.1, 0.15) is 13.3 Å². The predicted molar refractivity (Wildman–Crippen MR) is 32.9 cm³/mol. The molecule has 0 spiro atoms. The van der Waals surface area contributed by atoms with Crippen LogP contribution in [0, 0.1) is 0 Å². The maximum Gasteiger partial charge on any atom is 0.257 e. The van der Waals surface area contributed by atoms with Gasteiger partial charge in [-0.1, -0.05) is 22.9 Å². The van der Waals surface area contributed by atoms with Crippen LogP contribution in [0.5, 0.6) is 0 Å². The molecule has 0 saturated carbocycles. The van der Waals surface area contributed by atoms with Gasteiger partial charge < -0.3 is 0 Å². The van der Waals surface area contributed by atoms with Gasteiger partial charge in [-0.15, -0.1) is 0 Å². The zero-order valence-corrected chi connectivity index (χ0v) is 6.10. The monoisotopic (exact) mass is 181 g/mol. The second kappa shape index (κ2) is 3.86. The molecule has 0 saturated heterocycles. The van der Waals surface area contributed by atoms with Gasteiger partial charge in [0.1, 0.15) is 0 Å². The molecule has 0 radical (unpaired) electrons. The topological polar surface area (TPSA) is 49.3 Å². The highest BCUT2D eigenvalue weighted by Gasteiger charge is 2.09. The van der Waals surface area contributed by atoms with E-state index in [0.717, 1.165) is 0 Å². The fourth-order valence-corrected chi connectivity index (χ4v) is 0.358. The largest absolute Gasteiger partial charge is 0.289 e. The molecule has 2 N–H and O–H groups in total. The van der Waals surface area contributed by atoms with Crippen molar-refractivity contribution >= 4 is 21.8 Å². The van der Waals surface area contributed by atoms with Crippen molar-refractivity contribution in [1.29, 1.82) is 0 Å². The molecule has 3 nitrogen and oxygen atoms in total. The Morgan fingerprint density at radius 2 is 2.50 bits per heavy atom. The summed E-state index contributed by atoms with van der Waals surface area (Å²) in [5.74, 6) is -0.396. The lowest BCUT2D eigenvalue weighted by Crippen LogP contribution is -2.27. The molecule has 4 heteroatoms. The molecule has 0 aromatic rings. The Hall–Kier alpha value is -0.0900. The first-order chi connectivity index (χ1) is 3.72. The molecule has 0 heterocycles. The molecule has 0 bridgehead atoms. The number of halogens is 1. The van der Waals surface area contributed by atoms with Gasteiger partial charge in [0.2, 0.25) is 0 Å². The number of hydrogen-bond acceptors (Lipinski definition) is 2. The van der Waals surface area contributed by atoms with Crippen molar-refractivity contribution < 1.29 is 10.0 Å². The number of hydroxylamine groups is 1. The number of nitrogens with one attached hydrogen (secondary N) is 1. The summed E-state index contributed by atoms with van der Waals surface area (Å²) in [6.45, 7) is 1.84. The summed E-state index contributed by atoms with van der Waals surface area (Å²) in [5.41, 5.74) is 1.53. The lowest BCUT2D eigenvalue weighted by atomic mass is 10.3. The fourth-order valence-electron chi connectivity index (χ4n) is 0.255. The zero-order chi connectivity index (χ0) is 6.57. The molecule has 0 aromatic heterocycles. The van der Waals surface area contributed by atoms with E-state index >= 15 is 0 Å². The Morgan fingerprint density at radius 3 is 2.62 bits per heavy atom. The van der Waals surface area contributed by atoms with Gasteiger partial charge in [0.15, 0.2) is 0 Å². The molecule has 0 fully saturated rings. The number of alkyl halides is 1. The third-order valence-electron chi connectivity index (χ3n) is 0.753. The molecule has 1 amide bonds. The maximum absolute atomic E-state index is 10.3. The van der Waals surface area contributed by atoms with Gasteiger partial charge in [-0.05, 0) is 6.42 Å². The van der Waals surface area contributed by atoms with E-state index in [1.165, 1.54) is 5.48 Å². The molecule has 8 heavy (non-hydrogen) atoms. The van der Waals surface area contributed by atoms with Crippen molar-refractivity contribution in [3.63, 3.8) is 0 Å². The summed E-state index contributed by atoms with van der Waals surface area (Å²) in [6, 6.07) is 0. The van der Waals surface area contributed by atoms with Gasteiger partial charge in [0.25, 0.3) is 5.91 Å². The first-order valence-electron chi connectivity index (χ1n) is 2.30. The standard InChI is InChI=1S/C4H8BrNO2/c1-2-3(5)4(7)6-8/h3,8H,2H2,1H3,(H,6,7). The van der Waals surface area contributed by atoms with Crippen molar-refractivity contribution in [3.8, 4) is 0 Å². The van der Waals surface area contributed by atoms with E-state index in [2.05, 4.69) is 15.9 Å². The van der Waals surface area contributed by atoms with Crippen LogP contribution < -0.4 is 5.48 Å². The van der Waals surface area contributed by atoms with Gasteiger partial charge in [-0.3, -0.25) is 10.0 Å². The number of hydrogen-bond donors (Lipinski definition) is 2. The third kappa shape index (κ3) is 2.28. The second-order valence-electron chi connectivity index (χ2n) is 1.35. The van der Waals surface area contributed by atoms with Gasteiger partial charge >= 0.3 is 0 Å². The summed E-state index contributed by atoms with van der Waals surface area (Å²) in [4.78, 5) is 10.1. The van der Waals surface area contributed by atoms with E-state index in [9.17, 15) is 4.79 Å². The van der Waals surface area contributed by atoms with E-state index in [1.807, 2.05) is 6.92 Å². The van der Waals surface area contributed by atoms with E-state index < -0.39 is 5.91 Å². The minimum absolute atomic E-state index is 0.271. The van der Waals surface area contributed by atoms with E-state index in [4.69, 9.17) is 5.21 Å². The number of amides is 1. The average Bonchev–Trinajstić information content (AvgIpc) is 1.84. The fraction of sp³-hybridized carbons (Fsp3) is 0.750. The van der Waals surface area contributed by atoms with E-state index in [0.29, 0.717) is 6.42 Å². The average molecular weight is 182 g/mol. The molecular formula is C4H8BrNO2. The van der Waals surface area contributed by atoms with Crippen molar-refractivity contribution in [2.75, 3.05) is 0 Å². The smallest absolute Gasteiger partial charge is 0.257 e. The van der Waals surface area contributed by atoms with Crippen LogP contribution in [-0.2, 0) is 4.79 Å². The summed E-state index contributed by atoms with van der Waals surface area (Å²) < 4.78 is 0. The molecular weight excluding hydrogens is 174 g/mol. The number of rotatable bonds is 2. The molecule has 1 atom stereocenters. The van der Waals surface area contributed by atoms with Crippen molar-refractivity contribution in [1.82, 2.24) is 5.48 Å². The molecule has 0 aliphatic heterocycles. The quantitative estimate of drug-likeness (QED) is 0.374. The van der Waals surface area contributed by atoms with Crippen LogP contribution in [0.25, 0.3) is 0 Å². The number of carbonyl (C=O) groups excluding carboxylic acids is 1. The van der Waals surface area contributed by atoms with Crippen molar-refractivity contribution in [2.24, 2.45) is 0 Å². The van der Waals surface area contributed by atoms with Crippen LogP contribution in [0.4, 0.5) is 0 Å². The highest BCUT2D eigenvalue weighted by atomic mass is 79.9. The zero-order valence-electron chi connectivity index (χ0n) is 4.52. The van der Waals surface area contributed by atoms with Crippen LogP contribution in [0.2, 0.25) is 0 Å². The Bertz CT molecular complexity index is 86.1. The first kappa shape index (κ1) is 7.91. The maximum atomic E-state index is 10.3. The summed E-state index contributed by atoms with van der Waals surface area (Å²) >= 11 is 3.03. The van der Waals surface area contributed by atoms with Crippen molar-refractivity contribution in [2.45, 2.75) is 18.2 Å². The lowest BCUT2D eigenvalue weighted by molar-refractivity contribution is -0.128. The van der Waals surface area contributed by atoms with Gasteiger partial charge in [-0.25, -0.2) is 5.48 Å². The lowest BCUT2D eigenvalue weighted by Gasteiger charge is -2.00. The predicted octanol–water partition coefficient (Wildman–Crippen LogP) is 0.665. The Balaban J connectivity index is 3.46. The van der Waals surface area contributed by atoms with Crippen LogP contribution in [-0.4, -0.2) is 15.9 Å². The summed E-state index contributed by atoms with van der Waals surface area (Å²) in [6.07, 6.45) is 0.673. The van der Waals surface area contributed by atoms with Gasteiger partial charge in [0, 0.05) is 0 Å². The van der Waals surface area contributed by atoms with Crippen molar-refractivity contribution in [3.05, 3.63) is 0 Å². The van der Waals surface area contributed by atoms with E-state index in [-0.39, 0.29) is 4.83 Å². The van der Waals surface area contributed by atoms with Crippen LogP contribution >= 0.6 is 15.9 Å². The molecule has 0 aliphatic carbocycles. The minimum atomic E-state index is -0.396. The van der Waals surface area contributed by atoms with E-state index in [1.54, 1.807) is 0 Å². The summed E-state index contributed by atoms with van der Waals surface area (Å²) in [7, 11) is 0. The highest BCUT2D eigenvalue weighted by molar-refractivity contribution is 9.10. The Labute approximate surface area is 56.2 Å². The van der Waals surface area contributed by atoms with Crippen LogP contribution in [0.3, 0.4) is 0 Å². The Kier molecular flexibility index (Phi) is 3.81. The third-order valence-corrected chi connectivity index (χ3v) is 1.82. The molecule has 1 unspecified atom stereocenters. The minimum Gasteiger partial charge on any atom is -0.289 e. The van der Waals surface area contributed by atoms with Crippen LogP contribution in [0.15, 0.2) is 0 Å². The molecule has 0 rings (SSSR count).